The van der Waals surface area contributed by atoms with Crippen LogP contribution in [0.3, 0.4) is 0 Å². The van der Waals surface area contributed by atoms with Gasteiger partial charge in [-0.1, -0.05) is 19.8 Å². The zero-order valence-corrected chi connectivity index (χ0v) is 10.3. The van der Waals surface area contributed by atoms with Crippen molar-refractivity contribution in [3.05, 3.63) is 0 Å². The van der Waals surface area contributed by atoms with E-state index in [2.05, 4.69) is 30.9 Å². The quantitative estimate of drug-likeness (QED) is 0.771. The summed E-state index contributed by atoms with van der Waals surface area (Å²) in [6.07, 6.45) is 8.44. The minimum atomic E-state index is 0.463. The van der Waals surface area contributed by atoms with Gasteiger partial charge in [0.2, 0.25) is 0 Å². The summed E-state index contributed by atoms with van der Waals surface area (Å²) in [5.74, 6) is 2.33. The maximum Gasteiger partial charge on any atom is 0.0675 e. The minimum Gasteiger partial charge on any atom is -0.300 e. The van der Waals surface area contributed by atoms with E-state index in [9.17, 15) is 0 Å². The Balaban J connectivity index is 2.03. The largest absolute Gasteiger partial charge is 0.300 e. The number of hydrogen-bond donors (Lipinski definition) is 1. The molecule has 0 aromatic rings. The minimum absolute atomic E-state index is 0.463. The van der Waals surface area contributed by atoms with E-state index in [-0.39, 0.29) is 0 Å². The van der Waals surface area contributed by atoms with Crippen LogP contribution >= 0.6 is 11.8 Å². The smallest absolute Gasteiger partial charge is 0.0675 e. The van der Waals surface area contributed by atoms with E-state index >= 15 is 0 Å². The van der Waals surface area contributed by atoms with Crippen LogP contribution in [0.25, 0.3) is 0 Å². The molecule has 1 aliphatic heterocycles. The second-order valence-electron chi connectivity index (χ2n) is 4.95. The SMILES string of the molecule is CCCC1(C2CCC2)NC(C)CCS1. The fourth-order valence-electron chi connectivity index (χ4n) is 2.78. The molecule has 0 radical (unpaired) electrons. The average molecular weight is 213 g/mol. The lowest BCUT2D eigenvalue weighted by molar-refractivity contribution is 0.174. The molecule has 1 saturated carbocycles. The molecule has 1 N–H and O–H groups in total. The van der Waals surface area contributed by atoms with Gasteiger partial charge in [0.25, 0.3) is 0 Å². The molecule has 2 aliphatic rings. The summed E-state index contributed by atoms with van der Waals surface area (Å²) in [6, 6.07) is 0.739. The topological polar surface area (TPSA) is 12.0 Å². The first kappa shape index (κ1) is 10.8. The number of rotatable bonds is 3. The van der Waals surface area contributed by atoms with Crippen LogP contribution in [0, 0.1) is 5.92 Å². The van der Waals surface area contributed by atoms with Crippen LogP contribution in [0.4, 0.5) is 0 Å². The Morgan fingerprint density at radius 2 is 2.14 bits per heavy atom. The Morgan fingerprint density at radius 1 is 1.36 bits per heavy atom. The molecule has 0 aromatic carbocycles. The second-order valence-corrected chi connectivity index (χ2v) is 6.38. The van der Waals surface area contributed by atoms with Gasteiger partial charge in [0.15, 0.2) is 0 Å². The fraction of sp³-hybridized carbons (Fsp3) is 1.00. The van der Waals surface area contributed by atoms with E-state index in [4.69, 9.17) is 0 Å². The van der Waals surface area contributed by atoms with E-state index in [1.807, 2.05) is 0 Å². The van der Waals surface area contributed by atoms with Crippen LogP contribution in [0.1, 0.15) is 52.4 Å². The summed E-state index contributed by atoms with van der Waals surface area (Å²) in [5, 5.41) is 3.90. The Labute approximate surface area is 92.4 Å². The molecule has 2 fully saturated rings. The first-order valence-corrected chi connectivity index (χ1v) is 7.17. The third-order valence-corrected chi connectivity index (χ3v) is 5.40. The first-order chi connectivity index (χ1) is 6.77. The zero-order chi connectivity index (χ0) is 10.0. The van der Waals surface area contributed by atoms with Gasteiger partial charge in [-0.3, -0.25) is 0 Å². The summed E-state index contributed by atoms with van der Waals surface area (Å²) < 4.78 is 0. The number of nitrogens with one attached hydrogen (secondary N) is 1. The van der Waals surface area contributed by atoms with Crippen molar-refractivity contribution in [3.8, 4) is 0 Å². The van der Waals surface area contributed by atoms with E-state index in [0.29, 0.717) is 4.87 Å². The number of thioether (sulfide) groups is 1. The van der Waals surface area contributed by atoms with E-state index in [0.717, 1.165) is 12.0 Å². The lowest BCUT2D eigenvalue weighted by Crippen LogP contribution is -2.56. The Kier molecular flexibility index (Phi) is 3.43. The average Bonchev–Trinajstić information content (AvgIpc) is 2.00. The monoisotopic (exact) mass is 213 g/mol. The standard InChI is InChI=1S/C12H23NS/c1-3-8-12(11-5-4-6-11)13-10(2)7-9-14-12/h10-11,13H,3-9H2,1-2H3. The molecule has 1 aliphatic carbocycles. The zero-order valence-electron chi connectivity index (χ0n) is 9.51. The highest BCUT2D eigenvalue weighted by atomic mass is 32.2. The molecule has 2 unspecified atom stereocenters. The highest BCUT2D eigenvalue weighted by molar-refractivity contribution is 8.00. The van der Waals surface area contributed by atoms with Gasteiger partial charge in [-0.15, -0.1) is 11.8 Å². The fourth-order valence-corrected chi connectivity index (χ4v) is 4.72. The predicted molar refractivity (Wildman–Crippen MR) is 64.7 cm³/mol. The van der Waals surface area contributed by atoms with Crippen molar-refractivity contribution < 1.29 is 0 Å². The lowest BCUT2D eigenvalue weighted by Gasteiger charge is -2.50. The third-order valence-electron chi connectivity index (χ3n) is 3.79. The van der Waals surface area contributed by atoms with E-state index < -0.39 is 0 Å². The van der Waals surface area contributed by atoms with Crippen molar-refractivity contribution in [2.45, 2.75) is 63.3 Å². The van der Waals surface area contributed by atoms with Gasteiger partial charge in [-0.25, -0.2) is 0 Å². The van der Waals surface area contributed by atoms with Crippen molar-refractivity contribution in [2.75, 3.05) is 5.75 Å². The predicted octanol–water partition coefficient (Wildman–Crippen LogP) is 3.40. The van der Waals surface area contributed by atoms with Gasteiger partial charge in [0.1, 0.15) is 0 Å². The molecular weight excluding hydrogens is 190 g/mol. The molecule has 2 rings (SSSR count). The normalized spacial score (nSPS) is 39.4. The molecule has 0 spiro atoms. The van der Waals surface area contributed by atoms with Crippen LogP contribution in [-0.4, -0.2) is 16.7 Å². The summed E-state index contributed by atoms with van der Waals surface area (Å²) in [6.45, 7) is 4.67. The van der Waals surface area contributed by atoms with Crippen molar-refractivity contribution in [1.82, 2.24) is 5.32 Å². The van der Waals surface area contributed by atoms with Gasteiger partial charge in [0.05, 0.1) is 4.87 Å². The second kappa shape index (κ2) is 4.44. The Hall–Kier alpha value is 0.310. The number of hydrogen-bond acceptors (Lipinski definition) is 2. The summed E-state index contributed by atoms with van der Waals surface area (Å²) >= 11 is 2.21. The summed E-state index contributed by atoms with van der Waals surface area (Å²) in [4.78, 5) is 0.463. The molecule has 0 bridgehead atoms. The van der Waals surface area contributed by atoms with Crippen LogP contribution in [0.5, 0.6) is 0 Å². The highest BCUT2D eigenvalue weighted by Crippen LogP contribution is 2.47. The summed E-state index contributed by atoms with van der Waals surface area (Å²) in [7, 11) is 0. The lowest BCUT2D eigenvalue weighted by atomic mass is 9.77. The van der Waals surface area contributed by atoms with Crippen molar-refractivity contribution in [3.63, 3.8) is 0 Å². The maximum atomic E-state index is 3.90. The molecule has 14 heavy (non-hydrogen) atoms. The molecule has 0 aromatic heterocycles. The highest BCUT2D eigenvalue weighted by Gasteiger charge is 2.43. The van der Waals surface area contributed by atoms with Crippen LogP contribution in [-0.2, 0) is 0 Å². The molecule has 82 valence electrons. The van der Waals surface area contributed by atoms with Gasteiger partial charge < -0.3 is 5.32 Å². The molecule has 1 saturated heterocycles. The van der Waals surface area contributed by atoms with Crippen molar-refractivity contribution in [2.24, 2.45) is 5.92 Å². The summed E-state index contributed by atoms with van der Waals surface area (Å²) in [5.41, 5.74) is 0. The Bertz CT molecular complexity index is 187. The van der Waals surface area contributed by atoms with E-state index in [1.165, 1.54) is 44.3 Å². The maximum absolute atomic E-state index is 3.90. The van der Waals surface area contributed by atoms with Gasteiger partial charge in [0, 0.05) is 6.04 Å². The van der Waals surface area contributed by atoms with Crippen molar-refractivity contribution >= 4 is 11.8 Å². The molecule has 1 nitrogen and oxygen atoms in total. The Morgan fingerprint density at radius 3 is 2.64 bits per heavy atom. The van der Waals surface area contributed by atoms with Gasteiger partial charge in [-0.2, -0.15) is 0 Å². The van der Waals surface area contributed by atoms with Crippen molar-refractivity contribution in [1.29, 1.82) is 0 Å². The third kappa shape index (κ3) is 1.96. The van der Waals surface area contributed by atoms with Gasteiger partial charge in [-0.05, 0) is 44.3 Å². The van der Waals surface area contributed by atoms with Gasteiger partial charge >= 0.3 is 0 Å². The van der Waals surface area contributed by atoms with Crippen LogP contribution in [0.15, 0.2) is 0 Å². The molecule has 0 amide bonds. The van der Waals surface area contributed by atoms with Crippen LogP contribution in [0.2, 0.25) is 0 Å². The van der Waals surface area contributed by atoms with Crippen LogP contribution < -0.4 is 5.32 Å². The molecule has 1 heterocycles. The molecule has 2 heteroatoms. The van der Waals surface area contributed by atoms with E-state index in [1.54, 1.807) is 0 Å². The molecular formula is C12H23NS. The first-order valence-electron chi connectivity index (χ1n) is 6.18. The molecule has 2 atom stereocenters.